The molecule has 0 aromatic carbocycles. The molecule has 0 aromatic heterocycles. The maximum Gasteiger partial charge on any atom is -0.0386 e. The minimum absolute atomic E-state index is 1.36. The minimum Gasteiger partial charge on any atom is -0.0654 e. The largest absolute Gasteiger partial charge is 0.0654 e. The van der Waals surface area contributed by atoms with Gasteiger partial charge in [-0.2, -0.15) is 0 Å². The predicted molar refractivity (Wildman–Crippen MR) is 140 cm³/mol. The van der Waals surface area contributed by atoms with Gasteiger partial charge in [-0.3, -0.25) is 0 Å². The van der Waals surface area contributed by atoms with Crippen molar-refractivity contribution in [1.29, 1.82) is 0 Å². The molecule has 0 amide bonds. The Morgan fingerprint density at radius 1 is 0.267 bits per heavy atom. The van der Waals surface area contributed by atoms with E-state index in [1.807, 2.05) is 0 Å². The highest BCUT2D eigenvalue weighted by Gasteiger charge is 1.96. The lowest BCUT2D eigenvalue weighted by atomic mass is 10.0. The first-order valence-electron chi connectivity index (χ1n) is 14.7. The van der Waals surface area contributed by atoms with Crippen molar-refractivity contribution in [2.24, 2.45) is 0 Å². The number of unbranched alkanes of at least 4 members (excludes halogenated alkanes) is 27. The van der Waals surface area contributed by atoms with Crippen molar-refractivity contribution in [2.75, 3.05) is 0 Å². The van der Waals surface area contributed by atoms with Crippen LogP contribution in [0.25, 0.3) is 0 Å². The summed E-state index contributed by atoms with van der Waals surface area (Å²) in [6.07, 6.45) is 41.9. The maximum absolute atomic E-state index is 2.55. The molecule has 1 radical (unpaired) electrons. The lowest BCUT2D eigenvalue weighted by molar-refractivity contribution is 0.520. The quantitative estimate of drug-likeness (QED) is 0.116. The van der Waals surface area contributed by atoms with E-state index < -0.39 is 0 Å². The van der Waals surface area contributed by atoms with Crippen LogP contribution < -0.4 is 0 Å². The van der Waals surface area contributed by atoms with E-state index in [2.05, 4.69) is 20.3 Å². The van der Waals surface area contributed by atoms with Crippen molar-refractivity contribution >= 4 is 0 Å². The van der Waals surface area contributed by atoms with Crippen molar-refractivity contribution in [3.05, 3.63) is 6.42 Å². The molecule has 0 heteroatoms. The third-order valence-electron chi connectivity index (χ3n) is 6.77. The zero-order valence-corrected chi connectivity index (χ0v) is 21.7. The summed E-state index contributed by atoms with van der Waals surface area (Å²) in [5.41, 5.74) is 0. The molecular formula is C30H61. The highest BCUT2D eigenvalue weighted by molar-refractivity contribution is 4.64. The summed E-state index contributed by atoms with van der Waals surface area (Å²) in [4.78, 5) is 0. The van der Waals surface area contributed by atoms with Crippen molar-refractivity contribution in [1.82, 2.24) is 0 Å². The second-order valence-corrected chi connectivity index (χ2v) is 10.00. The number of hydrogen-bond acceptors (Lipinski definition) is 0. The Labute approximate surface area is 193 Å². The van der Waals surface area contributed by atoms with Crippen LogP contribution in [-0.2, 0) is 0 Å². The molecule has 0 N–H and O–H groups in total. The van der Waals surface area contributed by atoms with Crippen molar-refractivity contribution < 1.29 is 0 Å². The van der Waals surface area contributed by atoms with Gasteiger partial charge in [0, 0.05) is 0 Å². The van der Waals surface area contributed by atoms with Crippen molar-refractivity contribution in [3.63, 3.8) is 0 Å². The average Bonchev–Trinajstić information content (AvgIpc) is 2.76. The number of hydrogen-bond donors (Lipinski definition) is 0. The molecule has 30 heavy (non-hydrogen) atoms. The Bertz CT molecular complexity index is 241. The highest BCUT2D eigenvalue weighted by Crippen LogP contribution is 2.15. The first-order valence-corrected chi connectivity index (χ1v) is 14.7. The highest BCUT2D eigenvalue weighted by atomic mass is 14.0. The van der Waals surface area contributed by atoms with E-state index in [1.165, 1.54) is 173 Å². The van der Waals surface area contributed by atoms with E-state index in [1.54, 1.807) is 0 Å². The summed E-state index contributed by atoms with van der Waals surface area (Å²) in [7, 11) is 0. The lowest BCUT2D eigenvalue weighted by Crippen LogP contribution is -1.85. The molecule has 0 nitrogen and oxygen atoms in total. The van der Waals surface area contributed by atoms with Crippen LogP contribution >= 0.6 is 0 Å². The second kappa shape index (κ2) is 29.0. The fourth-order valence-corrected chi connectivity index (χ4v) is 4.58. The van der Waals surface area contributed by atoms with Gasteiger partial charge in [0.05, 0.1) is 0 Å². The van der Waals surface area contributed by atoms with Gasteiger partial charge in [-0.25, -0.2) is 0 Å². The van der Waals surface area contributed by atoms with E-state index in [4.69, 9.17) is 0 Å². The molecule has 0 spiro atoms. The van der Waals surface area contributed by atoms with Gasteiger partial charge in [0.2, 0.25) is 0 Å². The molecule has 0 aromatic rings. The Morgan fingerprint density at radius 2 is 0.467 bits per heavy atom. The van der Waals surface area contributed by atoms with Crippen LogP contribution in [0.15, 0.2) is 0 Å². The molecule has 0 atom stereocenters. The maximum atomic E-state index is 2.55. The van der Waals surface area contributed by atoms with Gasteiger partial charge in [-0.05, 0) is 6.42 Å². The summed E-state index contributed by atoms with van der Waals surface area (Å²) >= 11 is 0. The van der Waals surface area contributed by atoms with Gasteiger partial charge >= 0.3 is 0 Å². The van der Waals surface area contributed by atoms with Crippen LogP contribution in [-0.4, -0.2) is 0 Å². The average molecular weight is 422 g/mol. The smallest absolute Gasteiger partial charge is 0.0386 e. The Kier molecular flexibility index (Phi) is 29.0. The van der Waals surface area contributed by atoms with Crippen molar-refractivity contribution in [2.45, 2.75) is 187 Å². The summed E-state index contributed by atoms with van der Waals surface area (Å²) in [6.45, 7) is 4.60. The van der Waals surface area contributed by atoms with E-state index in [0.29, 0.717) is 0 Å². The topological polar surface area (TPSA) is 0 Å². The summed E-state index contributed by atoms with van der Waals surface area (Å²) in [5, 5.41) is 0. The monoisotopic (exact) mass is 421 g/mol. The van der Waals surface area contributed by atoms with E-state index >= 15 is 0 Å². The van der Waals surface area contributed by atoms with Gasteiger partial charge in [0.1, 0.15) is 0 Å². The summed E-state index contributed by atoms with van der Waals surface area (Å²) in [5.74, 6) is 0. The third-order valence-corrected chi connectivity index (χ3v) is 6.77. The number of rotatable bonds is 27. The van der Waals surface area contributed by atoms with Crippen LogP contribution in [0.5, 0.6) is 0 Å². The predicted octanol–water partition coefficient (Wildman–Crippen LogP) is 11.8. The molecule has 0 saturated carbocycles. The van der Waals surface area contributed by atoms with Gasteiger partial charge in [-0.1, -0.05) is 187 Å². The van der Waals surface area contributed by atoms with Crippen LogP contribution in [0.1, 0.15) is 187 Å². The Balaban J connectivity index is 2.97. The minimum atomic E-state index is 1.36. The lowest BCUT2D eigenvalue weighted by Gasteiger charge is -2.04. The van der Waals surface area contributed by atoms with Crippen LogP contribution in [0.4, 0.5) is 0 Å². The molecule has 0 rings (SSSR count). The summed E-state index contributed by atoms with van der Waals surface area (Å²) < 4.78 is 0. The summed E-state index contributed by atoms with van der Waals surface area (Å²) in [6, 6.07) is 0. The SMILES string of the molecule is CCCCCC[CH]CCCCCCCCCCCCCCCCCCCCCCC. The molecule has 0 unspecified atom stereocenters. The standard InChI is InChI=1S/C30H61/c1-3-5-7-9-11-13-15-17-19-21-23-25-27-29-30-28-26-24-22-20-18-16-14-12-10-8-6-4-2/h13H,3-12,14-30H2,1-2H3. The van der Waals surface area contributed by atoms with Gasteiger partial charge in [0.15, 0.2) is 0 Å². The molecule has 0 aliphatic rings. The van der Waals surface area contributed by atoms with Gasteiger partial charge < -0.3 is 0 Å². The van der Waals surface area contributed by atoms with Gasteiger partial charge in [0.25, 0.3) is 0 Å². The van der Waals surface area contributed by atoms with Crippen LogP contribution in [0.2, 0.25) is 0 Å². The zero-order chi connectivity index (χ0) is 21.8. The van der Waals surface area contributed by atoms with Gasteiger partial charge in [-0.15, -0.1) is 0 Å². The molecule has 0 heterocycles. The molecular weight excluding hydrogens is 360 g/mol. The van der Waals surface area contributed by atoms with E-state index in [-0.39, 0.29) is 0 Å². The molecule has 0 saturated heterocycles. The fourth-order valence-electron chi connectivity index (χ4n) is 4.58. The van der Waals surface area contributed by atoms with E-state index in [9.17, 15) is 0 Å². The Hall–Kier alpha value is 0. The molecule has 0 aliphatic heterocycles. The van der Waals surface area contributed by atoms with Crippen LogP contribution in [0, 0.1) is 6.42 Å². The molecule has 0 bridgehead atoms. The fraction of sp³-hybridized carbons (Fsp3) is 0.967. The molecule has 181 valence electrons. The molecule has 0 aliphatic carbocycles. The first-order chi connectivity index (χ1) is 14.9. The van der Waals surface area contributed by atoms with Crippen molar-refractivity contribution in [3.8, 4) is 0 Å². The third kappa shape index (κ3) is 28.0. The van der Waals surface area contributed by atoms with Crippen LogP contribution in [0.3, 0.4) is 0 Å². The zero-order valence-electron chi connectivity index (χ0n) is 21.7. The molecule has 0 fully saturated rings. The Morgan fingerprint density at radius 3 is 0.733 bits per heavy atom. The normalized spacial score (nSPS) is 11.4. The second-order valence-electron chi connectivity index (χ2n) is 10.00. The first kappa shape index (κ1) is 30.0. The van der Waals surface area contributed by atoms with E-state index in [0.717, 1.165) is 0 Å².